The quantitative estimate of drug-likeness (QED) is 0.432. The number of amides is 2. The lowest BCUT2D eigenvalue weighted by Crippen LogP contribution is -2.39. The highest BCUT2D eigenvalue weighted by Gasteiger charge is 2.16. The van der Waals surface area contributed by atoms with E-state index in [0.717, 1.165) is 5.56 Å². The molecular formula is C20H23N3O5. The number of rotatable bonds is 7. The Bertz CT molecular complexity index is 849. The van der Waals surface area contributed by atoms with Gasteiger partial charge >= 0.3 is 11.8 Å². The first-order valence-corrected chi connectivity index (χ1v) is 8.49. The van der Waals surface area contributed by atoms with Crippen molar-refractivity contribution < 1.29 is 23.8 Å². The van der Waals surface area contributed by atoms with Crippen LogP contribution in [0.15, 0.2) is 47.6 Å². The van der Waals surface area contributed by atoms with Gasteiger partial charge in [0.25, 0.3) is 0 Å². The average molecular weight is 385 g/mol. The Kier molecular flexibility index (Phi) is 7.38. The number of carbonyl (C=O) groups excluding carboxylic acids is 2. The molecule has 2 amide bonds. The van der Waals surface area contributed by atoms with Gasteiger partial charge in [0, 0.05) is 5.56 Å². The lowest BCUT2D eigenvalue weighted by atomic mass is 10.1. The first-order chi connectivity index (χ1) is 13.5. The summed E-state index contributed by atoms with van der Waals surface area (Å²) in [7, 11) is 4.60. The van der Waals surface area contributed by atoms with Crippen molar-refractivity contribution in [3.05, 3.63) is 53.6 Å². The van der Waals surface area contributed by atoms with Crippen LogP contribution in [0, 0.1) is 0 Å². The highest BCUT2D eigenvalue weighted by Crippen LogP contribution is 2.29. The Morgan fingerprint density at radius 1 is 0.964 bits per heavy atom. The Morgan fingerprint density at radius 3 is 2.29 bits per heavy atom. The Hall–Kier alpha value is -3.55. The zero-order chi connectivity index (χ0) is 20.5. The molecule has 8 heteroatoms. The number of methoxy groups -OCH3 is 3. The molecule has 0 radical (unpaired) electrons. The summed E-state index contributed by atoms with van der Waals surface area (Å²) in [6, 6.07) is 12.1. The molecule has 2 aromatic carbocycles. The molecule has 2 aromatic rings. The van der Waals surface area contributed by atoms with Crippen LogP contribution in [0.2, 0.25) is 0 Å². The fourth-order valence-corrected chi connectivity index (χ4v) is 2.46. The van der Waals surface area contributed by atoms with E-state index >= 15 is 0 Å². The van der Waals surface area contributed by atoms with Gasteiger partial charge in [0.2, 0.25) is 0 Å². The Labute approximate surface area is 163 Å². The fraction of sp³-hybridized carbons (Fsp3) is 0.250. The topological polar surface area (TPSA) is 98.2 Å². The van der Waals surface area contributed by atoms with Crippen LogP contribution in [-0.2, 0) is 9.59 Å². The van der Waals surface area contributed by atoms with Crippen LogP contribution < -0.4 is 25.0 Å². The van der Waals surface area contributed by atoms with E-state index in [4.69, 9.17) is 14.2 Å². The van der Waals surface area contributed by atoms with Crippen LogP contribution in [-0.4, -0.2) is 39.4 Å². The van der Waals surface area contributed by atoms with Crippen LogP contribution >= 0.6 is 0 Å². The molecule has 0 fully saturated rings. The molecular weight excluding hydrogens is 362 g/mol. The van der Waals surface area contributed by atoms with E-state index in [1.807, 2.05) is 12.1 Å². The molecule has 0 aromatic heterocycles. The highest BCUT2D eigenvalue weighted by atomic mass is 16.5. The summed E-state index contributed by atoms with van der Waals surface area (Å²) < 4.78 is 15.6. The van der Waals surface area contributed by atoms with Gasteiger partial charge in [-0.3, -0.25) is 9.59 Å². The van der Waals surface area contributed by atoms with Crippen LogP contribution in [0.25, 0.3) is 0 Å². The van der Waals surface area contributed by atoms with Gasteiger partial charge in [-0.2, -0.15) is 5.10 Å². The molecule has 0 aliphatic carbocycles. The smallest absolute Gasteiger partial charge is 0.329 e. The average Bonchev–Trinajstić information content (AvgIpc) is 2.73. The first kappa shape index (κ1) is 20.8. The van der Waals surface area contributed by atoms with E-state index < -0.39 is 11.8 Å². The molecule has 28 heavy (non-hydrogen) atoms. The summed E-state index contributed by atoms with van der Waals surface area (Å²) in [6.07, 6.45) is 1.37. The maximum Gasteiger partial charge on any atom is 0.329 e. The lowest BCUT2D eigenvalue weighted by molar-refractivity contribution is -0.139. The molecule has 1 atom stereocenters. The van der Waals surface area contributed by atoms with Crippen molar-refractivity contribution in [1.82, 2.24) is 10.7 Å². The van der Waals surface area contributed by atoms with Crippen LogP contribution in [0.1, 0.15) is 24.1 Å². The van der Waals surface area contributed by atoms with Crippen molar-refractivity contribution in [3.63, 3.8) is 0 Å². The number of nitrogens with zero attached hydrogens (tertiary/aromatic N) is 1. The first-order valence-electron chi connectivity index (χ1n) is 8.49. The summed E-state index contributed by atoms with van der Waals surface area (Å²) in [5.41, 5.74) is 3.63. The van der Waals surface area contributed by atoms with Crippen molar-refractivity contribution in [3.8, 4) is 17.2 Å². The predicted octanol–water partition coefficient (Wildman–Crippen LogP) is 2.04. The van der Waals surface area contributed by atoms with E-state index in [0.29, 0.717) is 22.8 Å². The zero-order valence-electron chi connectivity index (χ0n) is 16.2. The molecule has 148 valence electrons. The maximum absolute atomic E-state index is 12.0. The minimum atomic E-state index is -0.876. The predicted molar refractivity (Wildman–Crippen MR) is 105 cm³/mol. The van der Waals surface area contributed by atoms with Crippen molar-refractivity contribution in [2.75, 3.05) is 21.3 Å². The molecule has 0 saturated heterocycles. The number of hydrogen-bond acceptors (Lipinski definition) is 6. The van der Waals surface area contributed by atoms with Crippen LogP contribution in [0.4, 0.5) is 0 Å². The summed E-state index contributed by atoms with van der Waals surface area (Å²) >= 11 is 0. The van der Waals surface area contributed by atoms with Gasteiger partial charge in [-0.05, 0) is 36.8 Å². The number of hydrazone groups is 1. The second-order valence-electron chi connectivity index (χ2n) is 5.75. The molecule has 2 rings (SSSR count). The van der Waals surface area contributed by atoms with Gasteiger partial charge in [0.05, 0.1) is 33.6 Å². The second-order valence-corrected chi connectivity index (χ2v) is 5.75. The third kappa shape index (κ3) is 5.23. The van der Waals surface area contributed by atoms with Crippen molar-refractivity contribution >= 4 is 18.0 Å². The van der Waals surface area contributed by atoms with E-state index in [1.54, 1.807) is 44.4 Å². The summed E-state index contributed by atoms with van der Waals surface area (Å²) in [4.78, 5) is 24.0. The van der Waals surface area contributed by atoms with E-state index in [1.165, 1.54) is 20.4 Å². The number of nitrogens with one attached hydrogen (secondary N) is 2. The minimum absolute atomic E-state index is 0.355. The van der Waals surface area contributed by atoms with Crippen molar-refractivity contribution in [1.29, 1.82) is 0 Å². The molecule has 0 saturated carbocycles. The molecule has 0 bridgehead atoms. The number of carbonyl (C=O) groups is 2. The third-order valence-electron chi connectivity index (χ3n) is 3.97. The third-order valence-corrected chi connectivity index (χ3v) is 3.97. The van der Waals surface area contributed by atoms with E-state index in [-0.39, 0.29) is 6.04 Å². The van der Waals surface area contributed by atoms with Gasteiger partial charge < -0.3 is 19.5 Å². The number of para-hydroxylation sites is 1. The fourth-order valence-electron chi connectivity index (χ4n) is 2.46. The molecule has 0 aliphatic rings. The van der Waals surface area contributed by atoms with Crippen LogP contribution in [0.3, 0.4) is 0 Å². The summed E-state index contributed by atoms with van der Waals surface area (Å²) in [5, 5.41) is 6.42. The van der Waals surface area contributed by atoms with Gasteiger partial charge in [-0.1, -0.05) is 18.2 Å². The van der Waals surface area contributed by atoms with Gasteiger partial charge in [-0.15, -0.1) is 0 Å². The number of hydrogen-bond donors (Lipinski definition) is 2. The molecule has 8 nitrogen and oxygen atoms in total. The number of benzene rings is 2. The van der Waals surface area contributed by atoms with Gasteiger partial charge in [0.15, 0.2) is 11.5 Å². The molecule has 0 spiro atoms. The zero-order valence-corrected chi connectivity index (χ0v) is 16.2. The summed E-state index contributed by atoms with van der Waals surface area (Å²) in [6.45, 7) is 1.78. The van der Waals surface area contributed by atoms with Gasteiger partial charge in [0.1, 0.15) is 5.75 Å². The normalized spacial score (nSPS) is 11.6. The monoisotopic (exact) mass is 385 g/mol. The summed E-state index contributed by atoms with van der Waals surface area (Å²) in [5.74, 6) is 0.0447. The van der Waals surface area contributed by atoms with E-state index in [2.05, 4.69) is 15.8 Å². The van der Waals surface area contributed by atoms with Crippen molar-refractivity contribution in [2.24, 2.45) is 5.10 Å². The number of ether oxygens (including phenoxy) is 3. The molecule has 0 aliphatic heterocycles. The van der Waals surface area contributed by atoms with E-state index in [9.17, 15) is 9.59 Å². The largest absolute Gasteiger partial charge is 0.497 e. The SMILES string of the molecule is COc1ccc([C@@H](C)NC(=O)C(=O)N/N=C\c2cccc(OC)c2OC)cc1. The highest BCUT2D eigenvalue weighted by molar-refractivity contribution is 6.35. The Morgan fingerprint density at radius 2 is 1.68 bits per heavy atom. The minimum Gasteiger partial charge on any atom is -0.497 e. The van der Waals surface area contributed by atoms with Crippen molar-refractivity contribution in [2.45, 2.75) is 13.0 Å². The molecule has 2 N–H and O–H groups in total. The lowest BCUT2D eigenvalue weighted by Gasteiger charge is -2.14. The standard InChI is InChI=1S/C20H23N3O5/c1-13(14-8-10-16(26-2)11-9-14)22-19(24)20(25)23-21-12-15-6-5-7-17(27-3)18(15)28-4/h5-13H,1-4H3,(H,22,24)(H,23,25)/b21-12-/t13-/m1/s1. The molecule has 0 heterocycles. The van der Waals surface area contributed by atoms with Gasteiger partial charge in [-0.25, -0.2) is 5.43 Å². The maximum atomic E-state index is 12.0. The van der Waals surface area contributed by atoms with Crippen LogP contribution in [0.5, 0.6) is 17.2 Å². The Balaban J connectivity index is 1.95. The second kappa shape index (κ2) is 9.96. The molecule has 0 unspecified atom stereocenters.